The number of hydrogen-bond donors (Lipinski definition) is 1. The quantitative estimate of drug-likeness (QED) is 0.196. The summed E-state index contributed by atoms with van der Waals surface area (Å²) in [7, 11) is 0. The van der Waals surface area contributed by atoms with E-state index in [4.69, 9.17) is 11.6 Å². The molecule has 5 aromatic rings. The van der Waals surface area contributed by atoms with Gasteiger partial charge in [-0.2, -0.15) is 9.37 Å². The van der Waals surface area contributed by atoms with Gasteiger partial charge in [-0.15, -0.1) is 0 Å². The normalized spacial score (nSPS) is 14.3. The first kappa shape index (κ1) is 28.9. The Morgan fingerprint density at radius 1 is 0.907 bits per heavy atom. The molecule has 7 nitrogen and oxygen atoms in total. The molecule has 0 aliphatic carbocycles. The fourth-order valence-electron chi connectivity index (χ4n) is 5.79. The highest BCUT2D eigenvalue weighted by Gasteiger charge is 2.22. The minimum atomic E-state index is -0.563. The van der Waals surface area contributed by atoms with Gasteiger partial charge in [0.25, 0.3) is 5.56 Å². The number of piperidine rings is 1. The van der Waals surface area contributed by atoms with E-state index in [1.165, 1.54) is 18.3 Å². The number of hydrogen-bond acceptors (Lipinski definition) is 6. The van der Waals surface area contributed by atoms with E-state index in [-0.39, 0.29) is 23.2 Å². The Labute approximate surface area is 253 Å². The number of anilines is 2. The van der Waals surface area contributed by atoms with E-state index in [1.807, 2.05) is 25.1 Å². The minimum absolute atomic E-state index is 0.214. The first-order valence-electron chi connectivity index (χ1n) is 14.5. The van der Waals surface area contributed by atoms with Gasteiger partial charge in [-0.3, -0.25) is 9.36 Å². The molecular weight excluding hydrogens is 570 g/mol. The Morgan fingerprint density at radius 2 is 1.70 bits per heavy atom. The summed E-state index contributed by atoms with van der Waals surface area (Å²) in [5, 5.41) is 4.13. The molecule has 1 N–H and O–H groups in total. The van der Waals surface area contributed by atoms with Gasteiger partial charge in [-0.1, -0.05) is 36.7 Å². The van der Waals surface area contributed by atoms with E-state index in [2.05, 4.69) is 32.1 Å². The van der Waals surface area contributed by atoms with E-state index in [9.17, 15) is 9.18 Å². The molecule has 1 aliphatic heterocycles. The maximum absolute atomic E-state index is 15.1. The van der Waals surface area contributed by atoms with Crippen LogP contribution in [0.4, 0.5) is 20.4 Å². The Bertz CT molecular complexity index is 1850. The number of halogens is 3. The Balaban J connectivity index is 1.28. The number of nitrogens with zero attached hydrogens (tertiary/aromatic N) is 5. The number of aryl methyl sites for hydroxylation is 1. The number of fused-ring (bicyclic) bond motifs is 1. The van der Waals surface area contributed by atoms with Gasteiger partial charge in [-0.05, 0) is 92.8 Å². The van der Waals surface area contributed by atoms with Gasteiger partial charge >= 0.3 is 0 Å². The van der Waals surface area contributed by atoms with Crippen molar-refractivity contribution < 1.29 is 8.78 Å². The summed E-state index contributed by atoms with van der Waals surface area (Å²) in [6.07, 6.45) is 4.97. The van der Waals surface area contributed by atoms with E-state index < -0.39 is 5.95 Å². The number of rotatable bonds is 7. The molecule has 6 rings (SSSR count). The van der Waals surface area contributed by atoms with Crippen molar-refractivity contribution in [1.29, 1.82) is 0 Å². The van der Waals surface area contributed by atoms with Gasteiger partial charge in [0.1, 0.15) is 11.5 Å². The summed E-state index contributed by atoms with van der Waals surface area (Å²) in [6, 6.07) is 15.1. The third-order valence-corrected chi connectivity index (χ3v) is 8.51. The maximum atomic E-state index is 15.1. The van der Waals surface area contributed by atoms with Crippen LogP contribution in [0, 0.1) is 11.8 Å². The zero-order chi connectivity index (χ0) is 30.1. The van der Waals surface area contributed by atoms with Crippen LogP contribution in [-0.4, -0.2) is 44.1 Å². The van der Waals surface area contributed by atoms with Gasteiger partial charge in [0, 0.05) is 51.7 Å². The van der Waals surface area contributed by atoms with Crippen molar-refractivity contribution in [2.45, 2.75) is 39.2 Å². The van der Waals surface area contributed by atoms with Crippen LogP contribution < -0.4 is 10.9 Å². The second kappa shape index (κ2) is 12.2. The Kier molecular flexibility index (Phi) is 8.19. The molecule has 4 heterocycles. The first-order chi connectivity index (χ1) is 20.8. The molecule has 0 atom stereocenters. The molecule has 3 aromatic heterocycles. The van der Waals surface area contributed by atoms with Crippen molar-refractivity contribution in [2.24, 2.45) is 0 Å². The van der Waals surface area contributed by atoms with Crippen molar-refractivity contribution >= 4 is 34.3 Å². The molecule has 0 radical (unpaired) electrons. The van der Waals surface area contributed by atoms with Gasteiger partial charge in [-0.25, -0.2) is 14.4 Å². The molecule has 0 saturated carbocycles. The summed E-state index contributed by atoms with van der Waals surface area (Å²) >= 11 is 6.65. The molecule has 220 valence electrons. The standard InChI is InChI=1S/C33H31ClF2N6O/c1-3-41-13-11-20(12-14-41)25-9-7-24(17-29(25)35)39-33-38-19-23-15-27(32(43)42(4-2)31(23)40-33)26-8-5-21(16-28(26)34)22-6-10-30(36)37-18-22/h5-10,15-20H,3-4,11-14H2,1-2H3,(H,38,39,40). The molecule has 0 bridgehead atoms. The van der Waals surface area contributed by atoms with Crippen LogP contribution >= 0.6 is 11.6 Å². The predicted octanol–water partition coefficient (Wildman–Crippen LogP) is 7.41. The lowest BCUT2D eigenvalue weighted by atomic mass is 9.89. The third kappa shape index (κ3) is 5.87. The summed E-state index contributed by atoms with van der Waals surface area (Å²) < 4.78 is 30.0. The van der Waals surface area contributed by atoms with Gasteiger partial charge in [0.15, 0.2) is 0 Å². The first-order valence-corrected chi connectivity index (χ1v) is 14.8. The van der Waals surface area contributed by atoms with Crippen molar-refractivity contribution in [2.75, 3.05) is 25.0 Å². The Hall–Kier alpha value is -4.21. The number of pyridine rings is 2. The fourth-order valence-corrected chi connectivity index (χ4v) is 6.07. The molecule has 1 aliphatic rings. The maximum Gasteiger partial charge on any atom is 0.260 e. The molecule has 1 saturated heterocycles. The van der Waals surface area contributed by atoms with Gasteiger partial charge in [0.05, 0.1) is 0 Å². The lowest BCUT2D eigenvalue weighted by molar-refractivity contribution is 0.220. The van der Waals surface area contributed by atoms with Crippen molar-refractivity contribution in [3.8, 4) is 22.3 Å². The molecule has 43 heavy (non-hydrogen) atoms. The van der Waals surface area contributed by atoms with E-state index in [0.29, 0.717) is 45.0 Å². The molecule has 10 heteroatoms. The molecule has 2 aromatic carbocycles. The van der Waals surface area contributed by atoms with Crippen LogP contribution in [-0.2, 0) is 6.54 Å². The van der Waals surface area contributed by atoms with Crippen LogP contribution in [0.25, 0.3) is 33.3 Å². The number of likely N-dealkylation sites (tertiary alicyclic amines) is 1. The number of aromatic nitrogens is 4. The van der Waals surface area contributed by atoms with Crippen LogP contribution in [0.5, 0.6) is 0 Å². The number of nitrogens with one attached hydrogen (secondary N) is 1. The van der Waals surface area contributed by atoms with Crippen LogP contribution in [0.2, 0.25) is 5.02 Å². The monoisotopic (exact) mass is 600 g/mol. The van der Waals surface area contributed by atoms with Crippen LogP contribution in [0.1, 0.15) is 38.2 Å². The average Bonchev–Trinajstić information content (AvgIpc) is 3.01. The number of benzene rings is 2. The van der Waals surface area contributed by atoms with E-state index in [0.717, 1.165) is 43.6 Å². The van der Waals surface area contributed by atoms with Crippen LogP contribution in [0.3, 0.4) is 0 Å². The smallest absolute Gasteiger partial charge is 0.260 e. The highest BCUT2D eigenvalue weighted by Crippen LogP contribution is 2.33. The highest BCUT2D eigenvalue weighted by atomic mass is 35.5. The fraction of sp³-hybridized carbons (Fsp3) is 0.273. The van der Waals surface area contributed by atoms with Gasteiger partial charge < -0.3 is 10.2 Å². The molecule has 0 unspecified atom stereocenters. The molecule has 0 amide bonds. The SMILES string of the molecule is CCN1CCC(c2ccc(Nc3ncc4cc(-c5ccc(-c6ccc(F)nc6)cc5Cl)c(=O)n(CC)c4n3)cc2F)CC1. The average molecular weight is 601 g/mol. The van der Waals surface area contributed by atoms with E-state index in [1.54, 1.807) is 35.0 Å². The second-order valence-corrected chi connectivity index (χ2v) is 11.1. The van der Waals surface area contributed by atoms with E-state index >= 15 is 4.39 Å². The highest BCUT2D eigenvalue weighted by molar-refractivity contribution is 6.33. The summed E-state index contributed by atoms with van der Waals surface area (Å²) in [6.45, 7) is 7.38. The minimum Gasteiger partial charge on any atom is -0.324 e. The molecule has 0 spiro atoms. The van der Waals surface area contributed by atoms with Crippen LogP contribution in [0.15, 0.2) is 71.8 Å². The molecular formula is C33H31ClF2N6O. The summed E-state index contributed by atoms with van der Waals surface area (Å²) in [5.74, 6) is -0.326. The lowest BCUT2D eigenvalue weighted by Crippen LogP contribution is -2.32. The predicted molar refractivity (Wildman–Crippen MR) is 167 cm³/mol. The zero-order valence-corrected chi connectivity index (χ0v) is 24.7. The Morgan fingerprint density at radius 3 is 2.37 bits per heavy atom. The van der Waals surface area contributed by atoms with Crippen molar-refractivity contribution in [3.05, 3.63) is 99.7 Å². The van der Waals surface area contributed by atoms with Crippen molar-refractivity contribution in [3.63, 3.8) is 0 Å². The third-order valence-electron chi connectivity index (χ3n) is 8.19. The zero-order valence-electron chi connectivity index (χ0n) is 23.9. The summed E-state index contributed by atoms with van der Waals surface area (Å²) in [5.41, 5.74) is 3.93. The van der Waals surface area contributed by atoms with Crippen molar-refractivity contribution in [1.82, 2.24) is 24.4 Å². The topological polar surface area (TPSA) is 75.9 Å². The largest absolute Gasteiger partial charge is 0.324 e. The second-order valence-electron chi connectivity index (χ2n) is 10.7. The lowest BCUT2D eigenvalue weighted by Gasteiger charge is -2.31. The summed E-state index contributed by atoms with van der Waals surface area (Å²) in [4.78, 5) is 28.8. The molecule has 1 fully saturated rings. The van der Waals surface area contributed by atoms with Gasteiger partial charge in [0.2, 0.25) is 11.9 Å².